The number of hydrogen-bond acceptors (Lipinski definition) is 4. The van der Waals surface area contributed by atoms with Crippen LogP contribution in [0.15, 0.2) is 56.1 Å². The van der Waals surface area contributed by atoms with Gasteiger partial charge in [-0.2, -0.15) is 0 Å². The molecule has 3 aromatic rings. The Bertz CT molecular complexity index is 1170. The number of hydrogen-bond donors (Lipinski definition) is 0. The van der Waals surface area contributed by atoms with Crippen molar-refractivity contribution < 1.29 is 18.3 Å². The summed E-state index contributed by atoms with van der Waals surface area (Å²) in [6, 6.07) is 10.4. The van der Waals surface area contributed by atoms with E-state index in [4.69, 9.17) is 9.15 Å². The van der Waals surface area contributed by atoms with Gasteiger partial charge in [-0.25, -0.2) is 4.39 Å². The van der Waals surface area contributed by atoms with Gasteiger partial charge >= 0.3 is 0 Å². The average Bonchev–Trinajstić information content (AvgIpc) is 2.98. The SMILES string of the molecule is CC(C)OCCCN1C(=O)c2oc3ccc(Br)cc3c(=O)c2C1c1ccccc1F. The Morgan fingerprint density at radius 3 is 2.70 bits per heavy atom. The molecule has 1 aliphatic rings. The molecule has 0 spiro atoms. The lowest BCUT2D eigenvalue weighted by Gasteiger charge is -2.25. The molecule has 0 fully saturated rings. The molecule has 0 radical (unpaired) electrons. The molecule has 1 aromatic heterocycles. The summed E-state index contributed by atoms with van der Waals surface area (Å²) in [5.74, 6) is -0.905. The molecule has 1 aliphatic heterocycles. The van der Waals surface area contributed by atoms with Crippen LogP contribution in [0.3, 0.4) is 0 Å². The average molecular weight is 474 g/mol. The van der Waals surface area contributed by atoms with Gasteiger partial charge in [0.15, 0.2) is 5.43 Å². The third kappa shape index (κ3) is 3.68. The lowest BCUT2D eigenvalue weighted by Crippen LogP contribution is -2.32. The predicted molar refractivity (Wildman–Crippen MR) is 115 cm³/mol. The molecule has 1 amide bonds. The molecule has 7 heteroatoms. The normalized spacial score (nSPS) is 16.0. The van der Waals surface area contributed by atoms with Crippen molar-refractivity contribution in [2.45, 2.75) is 32.4 Å². The number of benzene rings is 2. The molecule has 0 saturated carbocycles. The van der Waals surface area contributed by atoms with Gasteiger partial charge in [0.2, 0.25) is 5.76 Å². The zero-order valence-electron chi connectivity index (χ0n) is 16.7. The zero-order valence-corrected chi connectivity index (χ0v) is 18.2. The van der Waals surface area contributed by atoms with Gasteiger partial charge in [0, 0.05) is 23.2 Å². The molecule has 1 unspecified atom stereocenters. The summed E-state index contributed by atoms with van der Waals surface area (Å²) in [5.41, 5.74) is 0.458. The van der Waals surface area contributed by atoms with E-state index in [1.54, 1.807) is 36.4 Å². The van der Waals surface area contributed by atoms with Gasteiger partial charge in [0.25, 0.3) is 5.91 Å². The quantitative estimate of drug-likeness (QED) is 0.469. The Morgan fingerprint density at radius 2 is 1.97 bits per heavy atom. The molecule has 30 heavy (non-hydrogen) atoms. The fourth-order valence-electron chi connectivity index (χ4n) is 3.80. The summed E-state index contributed by atoms with van der Waals surface area (Å²) in [6.45, 7) is 4.64. The van der Waals surface area contributed by atoms with Crippen LogP contribution in [0.25, 0.3) is 11.0 Å². The number of nitrogens with zero attached hydrogens (tertiary/aromatic N) is 1. The summed E-state index contributed by atoms with van der Waals surface area (Å²) >= 11 is 3.36. The van der Waals surface area contributed by atoms with Gasteiger partial charge < -0.3 is 14.1 Å². The van der Waals surface area contributed by atoms with Crippen molar-refractivity contribution in [2.24, 2.45) is 0 Å². The van der Waals surface area contributed by atoms with Crippen molar-refractivity contribution in [2.75, 3.05) is 13.2 Å². The van der Waals surface area contributed by atoms with Crippen LogP contribution in [0.4, 0.5) is 4.39 Å². The summed E-state index contributed by atoms with van der Waals surface area (Å²) in [6.07, 6.45) is 0.633. The molecule has 1 atom stereocenters. The van der Waals surface area contributed by atoms with Crippen LogP contribution < -0.4 is 5.43 Å². The highest BCUT2D eigenvalue weighted by Gasteiger charge is 2.43. The van der Waals surface area contributed by atoms with Crippen molar-refractivity contribution >= 4 is 32.8 Å². The Morgan fingerprint density at radius 1 is 1.20 bits per heavy atom. The van der Waals surface area contributed by atoms with Crippen molar-refractivity contribution in [3.8, 4) is 0 Å². The Labute approximate surface area is 181 Å². The predicted octanol–water partition coefficient (Wildman–Crippen LogP) is 5.05. The molecule has 5 nitrogen and oxygen atoms in total. The maximum absolute atomic E-state index is 14.7. The highest BCUT2D eigenvalue weighted by Crippen LogP contribution is 2.39. The van der Waals surface area contributed by atoms with Crippen molar-refractivity contribution in [1.29, 1.82) is 0 Å². The smallest absolute Gasteiger partial charge is 0.290 e. The summed E-state index contributed by atoms with van der Waals surface area (Å²) in [4.78, 5) is 28.1. The molecule has 0 N–H and O–H groups in total. The highest BCUT2D eigenvalue weighted by molar-refractivity contribution is 9.10. The van der Waals surface area contributed by atoms with E-state index in [9.17, 15) is 14.0 Å². The zero-order chi connectivity index (χ0) is 21.4. The first-order valence-corrected chi connectivity index (χ1v) is 10.6. The van der Waals surface area contributed by atoms with Gasteiger partial charge in [-0.1, -0.05) is 34.1 Å². The van der Waals surface area contributed by atoms with Crippen LogP contribution in [-0.2, 0) is 4.74 Å². The first-order chi connectivity index (χ1) is 14.4. The van der Waals surface area contributed by atoms with Crippen molar-refractivity contribution in [1.82, 2.24) is 4.90 Å². The number of ether oxygens (including phenoxy) is 1. The molecular weight excluding hydrogens is 453 g/mol. The van der Waals surface area contributed by atoms with Gasteiger partial charge in [0.1, 0.15) is 11.4 Å². The van der Waals surface area contributed by atoms with Gasteiger partial charge in [0.05, 0.1) is 23.1 Å². The molecule has 156 valence electrons. The fourth-order valence-corrected chi connectivity index (χ4v) is 4.16. The first-order valence-electron chi connectivity index (χ1n) is 9.81. The molecule has 2 heterocycles. The summed E-state index contributed by atoms with van der Waals surface area (Å²) < 4.78 is 26.9. The van der Waals surface area contributed by atoms with Crippen molar-refractivity contribution in [3.05, 3.63) is 79.9 Å². The number of carbonyl (C=O) groups is 1. The number of amides is 1. The minimum Gasteiger partial charge on any atom is -0.450 e. The van der Waals surface area contributed by atoms with Crippen LogP contribution in [0.2, 0.25) is 0 Å². The number of fused-ring (bicyclic) bond motifs is 2. The Hall–Kier alpha value is -2.51. The van der Waals surface area contributed by atoms with Crippen LogP contribution in [0, 0.1) is 5.82 Å². The molecule has 0 bridgehead atoms. The maximum Gasteiger partial charge on any atom is 0.290 e. The topological polar surface area (TPSA) is 59.8 Å². The maximum atomic E-state index is 14.7. The van der Waals surface area contributed by atoms with E-state index in [1.165, 1.54) is 11.0 Å². The van der Waals surface area contributed by atoms with Crippen LogP contribution in [0.1, 0.15) is 48.0 Å². The minimum absolute atomic E-state index is 0.0205. The van der Waals surface area contributed by atoms with Crippen LogP contribution >= 0.6 is 15.9 Å². The van der Waals surface area contributed by atoms with Gasteiger partial charge in [-0.05, 0) is 44.5 Å². The monoisotopic (exact) mass is 473 g/mol. The van der Waals surface area contributed by atoms with Crippen LogP contribution in [0.5, 0.6) is 0 Å². The van der Waals surface area contributed by atoms with E-state index >= 15 is 0 Å². The molecule has 0 aliphatic carbocycles. The number of halogens is 2. The lowest BCUT2D eigenvalue weighted by atomic mass is 9.98. The first kappa shape index (κ1) is 20.8. The van der Waals surface area contributed by atoms with E-state index in [0.717, 1.165) is 4.47 Å². The standard InChI is InChI=1S/C23H21BrFNO4/c1-13(2)29-11-5-10-26-20(15-6-3-4-7-17(15)25)19-21(27)16-12-14(24)8-9-18(16)30-22(19)23(26)28/h3-4,6-9,12-13,20H,5,10-11H2,1-2H3. The van der Waals surface area contributed by atoms with Gasteiger partial charge in [-0.15, -0.1) is 0 Å². The van der Waals surface area contributed by atoms with Crippen molar-refractivity contribution in [3.63, 3.8) is 0 Å². The van der Waals surface area contributed by atoms with Crippen LogP contribution in [-0.4, -0.2) is 30.1 Å². The van der Waals surface area contributed by atoms with Gasteiger partial charge in [-0.3, -0.25) is 9.59 Å². The number of rotatable bonds is 6. The van der Waals surface area contributed by atoms with E-state index in [1.807, 2.05) is 13.8 Å². The number of carbonyl (C=O) groups excluding carboxylic acids is 1. The minimum atomic E-state index is -0.840. The van der Waals surface area contributed by atoms with E-state index in [0.29, 0.717) is 30.5 Å². The largest absolute Gasteiger partial charge is 0.450 e. The molecular formula is C23H21BrFNO4. The van der Waals surface area contributed by atoms with E-state index in [2.05, 4.69) is 15.9 Å². The second kappa shape index (κ2) is 8.32. The lowest BCUT2D eigenvalue weighted by molar-refractivity contribution is 0.0592. The molecule has 2 aromatic carbocycles. The fraction of sp³-hybridized carbons (Fsp3) is 0.304. The Balaban J connectivity index is 1.84. The second-order valence-electron chi connectivity index (χ2n) is 7.51. The third-order valence-electron chi connectivity index (χ3n) is 5.12. The third-order valence-corrected chi connectivity index (χ3v) is 5.62. The Kier molecular flexibility index (Phi) is 5.75. The highest BCUT2D eigenvalue weighted by atomic mass is 79.9. The second-order valence-corrected chi connectivity index (χ2v) is 8.43. The molecule has 0 saturated heterocycles. The van der Waals surface area contributed by atoms with E-state index in [-0.39, 0.29) is 28.4 Å². The summed E-state index contributed by atoms with van der Waals surface area (Å²) in [7, 11) is 0. The van der Waals surface area contributed by atoms with E-state index < -0.39 is 17.8 Å². The molecule has 4 rings (SSSR count). The summed E-state index contributed by atoms with van der Waals surface area (Å²) in [5, 5.41) is 0.349.